The number of fused-ring (bicyclic) bond motifs is 1. The predicted octanol–water partition coefficient (Wildman–Crippen LogP) is 3.23. The van der Waals surface area contributed by atoms with Crippen LogP contribution in [0.4, 0.5) is 24.1 Å². The van der Waals surface area contributed by atoms with E-state index in [1.54, 1.807) is 23.6 Å². The number of rotatable bonds is 3. The highest BCUT2D eigenvalue weighted by molar-refractivity contribution is 7.13. The zero-order valence-electron chi connectivity index (χ0n) is 15.7. The molecule has 7 nitrogen and oxygen atoms in total. The monoisotopic (exact) mass is 435 g/mol. The fourth-order valence-electron chi connectivity index (χ4n) is 4.12. The molecule has 5 rings (SSSR count). The van der Waals surface area contributed by atoms with E-state index in [9.17, 15) is 18.0 Å². The number of nitrogen functional groups attached to an aromatic ring is 1. The molecule has 1 fully saturated rings. The maximum atomic E-state index is 13.1. The molecule has 1 aliphatic carbocycles. The fourth-order valence-corrected chi connectivity index (χ4v) is 4.66. The minimum Gasteiger partial charge on any atom is -0.375 e. The summed E-state index contributed by atoms with van der Waals surface area (Å²) in [4.78, 5) is 20.0. The number of aromatic nitrogens is 3. The Bertz CT molecular complexity index is 1170. The molecule has 2 aliphatic rings. The van der Waals surface area contributed by atoms with Crippen LogP contribution in [0.5, 0.6) is 0 Å². The SMILES string of the molecule is Nc1nc(C(=O)NC2CCC3(C=[N+]3c3cccc4nc(C(F)(F)F)cn34)CC2)cs1. The van der Waals surface area contributed by atoms with E-state index >= 15 is 0 Å². The quantitative estimate of drug-likeness (QED) is 0.619. The van der Waals surface area contributed by atoms with E-state index < -0.39 is 11.9 Å². The van der Waals surface area contributed by atoms with E-state index in [4.69, 9.17) is 5.73 Å². The van der Waals surface area contributed by atoms with E-state index in [1.165, 1.54) is 15.7 Å². The average Bonchev–Trinajstić information content (AvgIpc) is 3.05. The number of pyridine rings is 1. The van der Waals surface area contributed by atoms with Gasteiger partial charge in [-0.25, -0.2) is 14.5 Å². The molecule has 30 heavy (non-hydrogen) atoms. The molecule has 0 aromatic carbocycles. The summed E-state index contributed by atoms with van der Waals surface area (Å²) in [5.41, 5.74) is 5.07. The van der Waals surface area contributed by atoms with E-state index in [-0.39, 0.29) is 23.1 Å². The van der Waals surface area contributed by atoms with Crippen LogP contribution in [0, 0.1) is 0 Å². The summed E-state index contributed by atoms with van der Waals surface area (Å²) in [6, 6.07) is 5.10. The van der Waals surface area contributed by atoms with Gasteiger partial charge in [0.25, 0.3) is 11.7 Å². The van der Waals surface area contributed by atoms with Crippen molar-refractivity contribution >= 4 is 40.1 Å². The van der Waals surface area contributed by atoms with Gasteiger partial charge in [0, 0.05) is 36.4 Å². The van der Waals surface area contributed by atoms with Gasteiger partial charge in [-0.15, -0.1) is 11.3 Å². The van der Waals surface area contributed by atoms with Gasteiger partial charge in [0.1, 0.15) is 18.1 Å². The number of imidazole rings is 1. The van der Waals surface area contributed by atoms with Crippen molar-refractivity contribution < 1.29 is 22.5 Å². The Morgan fingerprint density at radius 2 is 2.07 bits per heavy atom. The van der Waals surface area contributed by atoms with Gasteiger partial charge in [0.2, 0.25) is 5.65 Å². The number of nitrogens with two attached hydrogens (primary N) is 1. The van der Waals surface area contributed by atoms with Gasteiger partial charge in [0.15, 0.2) is 16.4 Å². The summed E-state index contributed by atoms with van der Waals surface area (Å²) in [5, 5.41) is 4.98. The molecule has 11 heteroatoms. The molecule has 3 aromatic heterocycles. The van der Waals surface area contributed by atoms with Gasteiger partial charge in [-0.1, -0.05) is 0 Å². The minimum absolute atomic E-state index is 0.0303. The first kappa shape index (κ1) is 19.0. The van der Waals surface area contributed by atoms with E-state index in [2.05, 4.69) is 15.3 Å². The smallest absolute Gasteiger partial charge is 0.375 e. The molecule has 1 saturated carbocycles. The number of alkyl halides is 3. The lowest BCUT2D eigenvalue weighted by Gasteiger charge is -2.27. The van der Waals surface area contributed by atoms with E-state index in [0.29, 0.717) is 16.6 Å². The largest absolute Gasteiger partial charge is 0.437 e. The molecular weight excluding hydrogens is 417 g/mol. The molecule has 1 amide bonds. The van der Waals surface area contributed by atoms with Crippen LogP contribution >= 0.6 is 11.3 Å². The topological polar surface area (TPSA) is 88.3 Å². The highest BCUT2D eigenvalue weighted by Crippen LogP contribution is 2.42. The molecule has 0 saturated heterocycles. The Morgan fingerprint density at radius 1 is 1.30 bits per heavy atom. The van der Waals surface area contributed by atoms with Crippen LogP contribution in [0.2, 0.25) is 0 Å². The molecule has 3 aromatic rings. The van der Waals surface area contributed by atoms with Crippen LogP contribution in [0.1, 0.15) is 41.9 Å². The van der Waals surface area contributed by atoms with Crippen molar-refractivity contribution in [3.8, 4) is 0 Å². The zero-order valence-corrected chi connectivity index (χ0v) is 16.5. The molecule has 3 N–H and O–H groups in total. The van der Waals surface area contributed by atoms with Gasteiger partial charge in [-0.2, -0.15) is 17.6 Å². The fraction of sp³-hybridized carbons (Fsp3) is 0.368. The first-order valence-electron chi connectivity index (χ1n) is 9.48. The Kier molecular flexibility index (Phi) is 4.14. The summed E-state index contributed by atoms with van der Waals surface area (Å²) in [5.74, 6) is 0.430. The Hall–Kier alpha value is -2.95. The van der Waals surface area contributed by atoms with Crippen LogP contribution in [-0.4, -0.2) is 42.6 Å². The van der Waals surface area contributed by atoms with Crippen molar-refractivity contribution in [1.29, 1.82) is 0 Å². The van der Waals surface area contributed by atoms with Crippen molar-refractivity contribution in [1.82, 2.24) is 19.7 Å². The maximum Gasteiger partial charge on any atom is 0.437 e. The number of thiazole rings is 1. The number of nitrogens with zero attached hydrogens (tertiary/aromatic N) is 4. The van der Waals surface area contributed by atoms with Crippen molar-refractivity contribution in [2.45, 2.75) is 43.4 Å². The Labute approximate surface area is 173 Å². The molecule has 0 radical (unpaired) electrons. The van der Waals surface area contributed by atoms with Crippen LogP contribution in [-0.2, 0) is 6.18 Å². The number of carbonyl (C=O) groups is 1. The minimum atomic E-state index is -4.48. The molecule has 1 spiro atoms. The molecule has 156 valence electrons. The van der Waals surface area contributed by atoms with Crippen molar-refractivity contribution in [3.05, 3.63) is 41.2 Å². The molecule has 1 aliphatic heterocycles. The highest BCUT2D eigenvalue weighted by Gasteiger charge is 2.53. The lowest BCUT2D eigenvalue weighted by molar-refractivity contribution is -0.429. The third-order valence-electron chi connectivity index (χ3n) is 5.73. The maximum absolute atomic E-state index is 13.1. The first-order chi connectivity index (χ1) is 14.2. The summed E-state index contributed by atoms with van der Waals surface area (Å²) < 4.78 is 42.6. The van der Waals surface area contributed by atoms with E-state index in [0.717, 1.165) is 31.9 Å². The van der Waals surface area contributed by atoms with Gasteiger partial charge < -0.3 is 11.1 Å². The Balaban J connectivity index is 1.28. The standard InChI is InChI=1S/C19H17F3N6OS/c20-19(21,22)13-8-27-14(26-13)2-1-3-15(27)28-10-18(28)6-4-11(5-7-18)24-16(29)12-9-30-17(23)25-12/h1-3,8-11H,4-7H2,(H2-,23,24,25,29)/p+1. The zero-order chi connectivity index (χ0) is 21.1. The van der Waals surface area contributed by atoms with E-state index in [1.807, 2.05) is 10.8 Å². The van der Waals surface area contributed by atoms with Crippen molar-refractivity contribution in [3.63, 3.8) is 0 Å². The second kappa shape index (κ2) is 6.53. The molecular formula is C19H18F3N6OS+. The normalized spacial score (nSPS) is 23.6. The number of halogens is 3. The number of carbonyl (C=O) groups excluding carboxylic acids is 1. The molecule has 0 unspecified atom stereocenters. The van der Waals surface area contributed by atoms with Crippen molar-refractivity contribution in [2.24, 2.45) is 0 Å². The third kappa shape index (κ3) is 3.22. The average molecular weight is 435 g/mol. The summed E-state index contributed by atoms with van der Waals surface area (Å²) >= 11 is 1.22. The second-order valence-electron chi connectivity index (χ2n) is 7.66. The summed E-state index contributed by atoms with van der Waals surface area (Å²) in [6.07, 6.45) is 1.74. The van der Waals surface area contributed by atoms with Gasteiger partial charge >= 0.3 is 6.18 Å². The number of nitrogens with one attached hydrogen (secondary N) is 1. The van der Waals surface area contributed by atoms with Gasteiger partial charge in [-0.3, -0.25) is 4.79 Å². The van der Waals surface area contributed by atoms with Gasteiger partial charge in [0.05, 0.1) is 0 Å². The lowest BCUT2D eigenvalue weighted by Crippen LogP contribution is -2.41. The molecule has 0 bridgehead atoms. The molecule has 0 atom stereocenters. The summed E-state index contributed by atoms with van der Waals surface area (Å²) in [6.45, 7) is 0. The summed E-state index contributed by atoms with van der Waals surface area (Å²) in [7, 11) is 0. The Morgan fingerprint density at radius 3 is 2.73 bits per heavy atom. The van der Waals surface area contributed by atoms with Crippen molar-refractivity contribution in [2.75, 3.05) is 5.73 Å². The number of hydrogen-bond acceptors (Lipinski definition) is 5. The van der Waals surface area contributed by atoms with Crippen LogP contribution in [0.25, 0.3) is 5.65 Å². The number of hydrogen-bond donors (Lipinski definition) is 2. The van der Waals surface area contributed by atoms with Crippen LogP contribution in [0.15, 0.2) is 29.8 Å². The number of amides is 1. The predicted molar refractivity (Wildman–Crippen MR) is 105 cm³/mol. The highest BCUT2D eigenvalue weighted by atomic mass is 32.1. The lowest BCUT2D eigenvalue weighted by atomic mass is 9.84. The second-order valence-corrected chi connectivity index (χ2v) is 8.55. The molecule has 4 heterocycles. The van der Waals surface area contributed by atoms with Crippen LogP contribution < -0.4 is 11.1 Å². The van der Waals surface area contributed by atoms with Gasteiger partial charge in [-0.05, 0) is 18.9 Å². The third-order valence-corrected chi connectivity index (χ3v) is 6.40. The first-order valence-corrected chi connectivity index (χ1v) is 10.4. The number of anilines is 1. The van der Waals surface area contributed by atoms with Crippen LogP contribution in [0.3, 0.4) is 0 Å².